The molecule has 100 valence electrons. The summed E-state index contributed by atoms with van der Waals surface area (Å²) < 4.78 is 5.20. The molecule has 2 fully saturated rings. The highest BCUT2D eigenvalue weighted by Gasteiger charge is 2.41. The Balaban J connectivity index is 1.62. The molecule has 1 saturated heterocycles. The minimum atomic E-state index is 0.595. The Labute approximate surface area is 106 Å². The Kier molecular flexibility index (Phi) is 4.83. The molecule has 3 heteroatoms. The standard InChI is InChI=1S/C14H28N2O/c1-3-16-9-4-13(5-10-16)15-12-14(6-7-14)8-11-17-2/h13,15H,3-12H2,1-2H3. The van der Waals surface area contributed by atoms with E-state index >= 15 is 0 Å². The van der Waals surface area contributed by atoms with Crippen molar-refractivity contribution in [3.05, 3.63) is 0 Å². The number of ether oxygens (including phenoxy) is 1. The van der Waals surface area contributed by atoms with Crippen molar-refractivity contribution in [3.8, 4) is 0 Å². The molecule has 0 bridgehead atoms. The highest BCUT2D eigenvalue weighted by atomic mass is 16.5. The van der Waals surface area contributed by atoms with E-state index in [1.165, 1.54) is 58.3 Å². The second-order valence-electron chi connectivity index (χ2n) is 5.83. The van der Waals surface area contributed by atoms with Crippen LogP contribution < -0.4 is 5.32 Å². The maximum Gasteiger partial charge on any atom is 0.0468 e. The zero-order chi connectivity index (χ0) is 12.1. The minimum Gasteiger partial charge on any atom is -0.385 e. The lowest BCUT2D eigenvalue weighted by molar-refractivity contribution is 0.164. The SMILES string of the molecule is CCN1CCC(NCC2(CCOC)CC2)CC1. The van der Waals surface area contributed by atoms with Gasteiger partial charge in [0.15, 0.2) is 0 Å². The normalized spacial score (nSPS) is 25.1. The van der Waals surface area contributed by atoms with E-state index in [4.69, 9.17) is 4.74 Å². The van der Waals surface area contributed by atoms with E-state index in [0.717, 1.165) is 12.6 Å². The molecule has 0 aromatic rings. The lowest BCUT2D eigenvalue weighted by atomic mass is 10.00. The number of nitrogens with one attached hydrogen (secondary N) is 1. The first-order valence-corrected chi connectivity index (χ1v) is 7.23. The molecule has 0 radical (unpaired) electrons. The number of rotatable bonds is 7. The van der Waals surface area contributed by atoms with Crippen LogP contribution in [0.4, 0.5) is 0 Å². The van der Waals surface area contributed by atoms with Gasteiger partial charge in [0.05, 0.1) is 0 Å². The highest BCUT2D eigenvalue weighted by Crippen LogP contribution is 2.48. The predicted octanol–water partition coefficient (Wildman–Crippen LogP) is 1.88. The predicted molar refractivity (Wildman–Crippen MR) is 71.3 cm³/mol. The van der Waals surface area contributed by atoms with E-state index in [1.54, 1.807) is 0 Å². The molecule has 1 N–H and O–H groups in total. The van der Waals surface area contributed by atoms with Gasteiger partial charge in [0.1, 0.15) is 0 Å². The van der Waals surface area contributed by atoms with Gasteiger partial charge >= 0.3 is 0 Å². The van der Waals surface area contributed by atoms with E-state index in [1.807, 2.05) is 7.11 Å². The molecule has 1 saturated carbocycles. The first kappa shape index (κ1) is 13.3. The molecular weight excluding hydrogens is 212 g/mol. The van der Waals surface area contributed by atoms with Crippen molar-refractivity contribution < 1.29 is 4.74 Å². The van der Waals surface area contributed by atoms with Gasteiger partial charge in [-0.05, 0) is 57.2 Å². The van der Waals surface area contributed by atoms with Crippen molar-refractivity contribution in [2.45, 2.75) is 45.1 Å². The summed E-state index contributed by atoms with van der Waals surface area (Å²) in [4.78, 5) is 2.55. The van der Waals surface area contributed by atoms with Crippen LogP contribution in [0.25, 0.3) is 0 Å². The number of nitrogens with zero attached hydrogens (tertiary/aromatic N) is 1. The Morgan fingerprint density at radius 2 is 2.00 bits per heavy atom. The van der Waals surface area contributed by atoms with Crippen LogP contribution in [0.15, 0.2) is 0 Å². The molecule has 2 aliphatic rings. The molecular formula is C14H28N2O. The van der Waals surface area contributed by atoms with Crippen LogP contribution in [0.5, 0.6) is 0 Å². The summed E-state index contributed by atoms with van der Waals surface area (Å²) in [5.74, 6) is 0. The Morgan fingerprint density at radius 3 is 2.53 bits per heavy atom. The number of hydrogen-bond acceptors (Lipinski definition) is 3. The molecule has 0 spiro atoms. The van der Waals surface area contributed by atoms with Crippen LogP contribution in [0.2, 0.25) is 0 Å². The first-order chi connectivity index (χ1) is 8.28. The molecule has 17 heavy (non-hydrogen) atoms. The van der Waals surface area contributed by atoms with Gasteiger partial charge in [0.2, 0.25) is 0 Å². The van der Waals surface area contributed by atoms with Crippen LogP contribution in [0.1, 0.15) is 39.0 Å². The van der Waals surface area contributed by atoms with E-state index in [-0.39, 0.29) is 0 Å². The Morgan fingerprint density at radius 1 is 1.29 bits per heavy atom. The van der Waals surface area contributed by atoms with Crippen molar-refractivity contribution >= 4 is 0 Å². The fourth-order valence-electron chi connectivity index (χ4n) is 2.82. The van der Waals surface area contributed by atoms with Gasteiger partial charge in [-0.2, -0.15) is 0 Å². The second-order valence-corrected chi connectivity index (χ2v) is 5.83. The van der Waals surface area contributed by atoms with E-state index in [9.17, 15) is 0 Å². The maximum atomic E-state index is 5.20. The molecule has 0 aromatic carbocycles. The van der Waals surface area contributed by atoms with Gasteiger partial charge < -0.3 is 15.0 Å². The smallest absolute Gasteiger partial charge is 0.0468 e. The topological polar surface area (TPSA) is 24.5 Å². The van der Waals surface area contributed by atoms with Crippen LogP contribution in [-0.2, 0) is 4.74 Å². The van der Waals surface area contributed by atoms with Gasteiger partial charge in [0, 0.05) is 26.3 Å². The number of hydrogen-bond donors (Lipinski definition) is 1. The summed E-state index contributed by atoms with van der Waals surface area (Å²) in [7, 11) is 1.81. The third kappa shape index (κ3) is 3.94. The number of piperidine rings is 1. The van der Waals surface area contributed by atoms with Crippen molar-refractivity contribution in [2.75, 3.05) is 39.9 Å². The number of likely N-dealkylation sites (tertiary alicyclic amines) is 1. The molecule has 2 rings (SSSR count). The number of methoxy groups -OCH3 is 1. The van der Waals surface area contributed by atoms with Crippen molar-refractivity contribution in [1.29, 1.82) is 0 Å². The minimum absolute atomic E-state index is 0.595. The summed E-state index contributed by atoms with van der Waals surface area (Å²) in [6.07, 6.45) is 6.70. The van der Waals surface area contributed by atoms with Crippen molar-refractivity contribution in [2.24, 2.45) is 5.41 Å². The van der Waals surface area contributed by atoms with E-state index in [2.05, 4.69) is 17.1 Å². The lowest BCUT2D eigenvalue weighted by Crippen LogP contribution is -2.44. The highest BCUT2D eigenvalue weighted by molar-refractivity contribution is 4.95. The zero-order valence-corrected chi connectivity index (χ0v) is 11.5. The van der Waals surface area contributed by atoms with Gasteiger partial charge in [-0.1, -0.05) is 6.92 Å². The molecule has 0 aromatic heterocycles. The summed E-state index contributed by atoms with van der Waals surface area (Å²) in [6.45, 7) is 8.17. The van der Waals surface area contributed by atoms with Crippen LogP contribution in [0.3, 0.4) is 0 Å². The monoisotopic (exact) mass is 240 g/mol. The molecule has 1 heterocycles. The maximum absolute atomic E-state index is 5.20. The molecule has 0 atom stereocenters. The van der Waals surface area contributed by atoms with E-state index < -0.39 is 0 Å². The molecule has 3 nitrogen and oxygen atoms in total. The third-order valence-corrected chi connectivity index (χ3v) is 4.59. The zero-order valence-electron chi connectivity index (χ0n) is 11.5. The average Bonchev–Trinajstić information content (AvgIpc) is 3.15. The van der Waals surface area contributed by atoms with Crippen molar-refractivity contribution in [3.63, 3.8) is 0 Å². The third-order valence-electron chi connectivity index (χ3n) is 4.59. The fourth-order valence-corrected chi connectivity index (χ4v) is 2.82. The summed E-state index contributed by atoms with van der Waals surface area (Å²) in [5, 5.41) is 3.80. The van der Waals surface area contributed by atoms with Crippen molar-refractivity contribution in [1.82, 2.24) is 10.2 Å². The van der Waals surface area contributed by atoms with Crippen LogP contribution in [0, 0.1) is 5.41 Å². The average molecular weight is 240 g/mol. The van der Waals surface area contributed by atoms with Gasteiger partial charge in [-0.15, -0.1) is 0 Å². The largest absolute Gasteiger partial charge is 0.385 e. The summed E-state index contributed by atoms with van der Waals surface area (Å²) in [6, 6.07) is 0.762. The first-order valence-electron chi connectivity index (χ1n) is 7.23. The molecule has 1 aliphatic heterocycles. The Bertz CT molecular complexity index is 220. The molecule has 0 unspecified atom stereocenters. The van der Waals surface area contributed by atoms with E-state index in [0.29, 0.717) is 5.41 Å². The fraction of sp³-hybridized carbons (Fsp3) is 1.00. The summed E-state index contributed by atoms with van der Waals surface area (Å²) in [5.41, 5.74) is 0.595. The Hall–Kier alpha value is -0.120. The molecule has 0 amide bonds. The van der Waals surface area contributed by atoms with Gasteiger partial charge in [-0.3, -0.25) is 0 Å². The second kappa shape index (κ2) is 6.17. The quantitative estimate of drug-likeness (QED) is 0.735. The van der Waals surface area contributed by atoms with Gasteiger partial charge in [-0.25, -0.2) is 0 Å². The molecule has 1 aliphatic carbocycles. The van der Waals surface area contributed by atoms with Gasteiger partial charge in [0.25, 0.3) is 0 Å². The summed E-state index contributed by atoms with van der Waals surface area (Å²) >= 11 is 0. The van der Waals surface area contributed by atoms with Crippen LogP contribution in [-0.4, -0.2) is 50.8 Å². The lowest BCUT2D eigenvalue weighted by Gasteiger charge is -2.32. The van der Waals surface area contributed by atoms with Crippen LogP contribution >= 0.6 is 0 Å².